The van der Waals surface area contributed by atoms with Crippen LogP contribution in [0.5, 0.6) is 0 Å². The average molecular weight is 875 g/mol. The molecule has 2 N–H and O–H groups in total. The third kappa shape index (κ3) is 13.0. The third-order valence-electron chi connectivity index (χ3n) is 11.6. The third-order valence-corrected chi connectivity index (χ3v) is 11.6. The van der Waals surface area contributed by atoms with Crippen molar-refractivity contribution in [2.75, 3.05) is 0 Å². The molecule has 0 aromatic heterocycles. The number of esters is 2. The van der Waals surface area contributed by atoms with Crippen molar-refractivity contribution in [2.24, 2.45) is 17.8 Å². The number of ether oxygens (including phenoxy) is 6. The van der Waals surface area contributed by atoms with Crippen LogP contribution in [0.25, 0.3) is 12.2 Å². The van der Waals surface area contributed by atoms with Crippen molar-refractivity contribution in [1.29, 1.82) is 0 Å². The molecule has 13 heteroatoms. The maximum atomic E-state index is 15.1. The van der Waals surface area contributed by atoms with Crippen molar-refractivity contribution in [3.05, 3.63) is 105 Å². The Bertz CT molecular complexity index is 1900. The van der Waals surface area contributed by atoms with E-state index in [9.17, 15) is 19.1 Å². The fourth-order valence-corrected chi connectivity index (χ4v) is 8.27. The second-order valence-corrected chi connectivity index (χ2v) is 17.9. The van der Waals surface area contributed by atoms with Gasteiger partial charge in [0.05, 0.1) is 29.4 Å². The molecule has 0 amide bonds. The minimum atomic E-state index is -1.46. The van der Waals surface area contributed by atoms with Crippen molar-refractivity contribution in [2.45, 2.75) is 157 Å². The summed E-state index contributed by atoms with van der Waals surface area (Å²) in [6.07, 6.45) is 6.84. The van der Waals surface area contributed by atoms with Crippen LogP contribution in [0.15, 0.2) is 60.2 Å². The molecule has 0 radical (unpaired) electrons. The molecule has 4 aliphatic heterocycles. The monoisotopic (exact) mass is 874 g/mol. The fourth-order valence-electron chi connectivity index (χ4n) is 8.27. The summed E-state index contributed by atoms with van der Waals surface area (Å²) in [5.74, 6) is -4.69. The predicted molar refractivity (Wildman–Crippen MR) is 230 cm³/mol. The van der Waals surface area contributed by atoms with Crippen LogP contribution in [-0.2, 0) is 28.4 Å². The quantitative estimate of drug-likeness (QED) is 0.211. The Morgan fingerprint density at radius 1 is 0.613 bits per heavy atom. The van der Waals surface area contributed by atoms with Gasteiger partial charge in [-0.3, -0.25) is 0 Å². The fraction of sp³-hybridized carbons (Fsp3) is 0.551. The van der Waals surface area contributed by atoms with E-state index in [1.165, 1.54) is 6.08 Å². The van der Waals surface area contributed by atoms with E-state index < -0.39 is 71.8 Å². The largest absolute Gasteiger partial charge is 1.00 e. The van der Waals surface area contributed by atoms with Crippen LogP contribution in [0, 0.1) is 45.4 Å². The number of hydrogen-bond donors (Lipinski definition) is 1. The number of hydrogen-bond acceptors (Lipinski definition) is 10. The van der Waals surface area contributed by atoms with Gasteiger partial charge in [-0.05, 0) is 116 Å². The number of carbonyl (C=O) groups excluding carboxylic acids is 2. The molecule has 2 unspecified atom stereocenters. The second kappa shape index (κ2) is 21.8. The number of benzene rings is 2. The first-order valence-electron chi connectivity index (χ1n) is 21.1. The van der Waals surface area contributed by atoms with Crippen LogP contribution in [0.4, 0.5) is 8.78 Å². The average Bonchev–Trinajstić information content (AvgIpc) is 3.62. The Hall–Kier alpha value is -3.04. The van der Waals surface area contributed by atoms with Crippen LogP contribution in [-0.4, -0.2) is 76.8 Å². The summed E-state index contributed by atoms with van der Waals surface area (Å²) < 4.78 is 65.1. The molecule has 4 aliphatic rings. The van der Waals surface area contributed by atoms with Gasteiger partial charge in [-0.15, -0.1) is 0 Å². The molecule has 0 spiro atoms. The van der Waals surface area contributed by atoms with Crippen LogP contribution < -0.4 is 29.6 Å². The zero-order valence-corrected chi connectivity index (χ0v) is 40.9. The van der Waals surface area contributed by atoms with Crippen molar-refractivity contribution >= 4 is 24.1 Å². The maximum absolute atomic E-state index is 15.1. The van der Waals surface area contributed by atoms with E-state index >= 15 is 4.39 Å². The van der Waals surface area contributed by atoms with Gasteiger partial charge in [0.15, 0.2) is 11.6 Å². The summed E-state index contributed by atoms with van der Waals surface area (Å²) in [5.41, 5.74) is 6.41. The minimum Gasteiger partial charge on any atom is -0.870 e. The van der Waals surface area contributed by atoms with Crippen molar-refractivity contribution < 1.29 is 86.9 Å². The first-order valence-corrected chi connectivity index (χ1v) is 21.1. The van der Waals surface area contributed by atoms with Gasteiger partial charge in [0.25, 0.3) is 0 Å². The molecule has 336 valence electrons. The van der Waals surface area contributed by atoms with Gasteiger partial charge in [-0.2, -0.15) is 0 Å². The number of aliphatic hydroxyl groups is 1. The van der Waals surface area contributed by atoms with Gasteiger partial charge in [-0.25, -0.2) is 18.4 Å². The zero-order valence-electron chi connectivity index (χ0n) is 38.9. The van der Waals surface area contributed by atoms with Gasteiger partial charge >= 0.3 is 41.5 Å². The molecule has 62 heavy (non-hydrogen) atoms. The van der Waals surface area contributed by atoms with E-state index in [-0.39, 0.29) is 58.9 Å². The SMILES string of the molecule is Cc1cc(C)c2c(c1)/C=C/C[C@@H]1OC(C)(C)O[C@@H]1C(C)/C(F)=C\[C@@H](C)[C@H](C)OC2=O.Cc1cc(C)c2c(c1)/C=C/C[C@@H]1OC(C)(C)O[C@@H]1C(O)/C(F)=C\[C@@H](C)[C@H](C)OC2=O.[Na+].[OH-]. The molecule has 2 aromatic rings. The minimum absolute atomic E-state index is 0. The Labute approximate surface area is 388 Å². The molecule has 6 rings (SSSR count). The van der Waals surface area contributed by atoms with Gasteiger partial charge in [0.1, 0.15) is 36.1 Å². The number of rotatable bonds is 0. The summed E-state index contributed by atoms with van der Waals surface area (Å²) >= 11 is 0. The maximum Gasteiger partial charge on any atom is 1.00 e. The van der Waals surface area contributed by atoms with Gasteiger partial charge in [0, 0.05) is 17.8 Å². The van der Waals surface area contributed by atoms with Crippen LogP contribution in [0.3, 0.4) is 0 Å². The molecule has 2 saturated heterocycles. The number of cyclic esters (lactones) is 2. The number of aryl methyl sites for hydroxylation is 4. The molecule has 10 atom stereocenters. The van der Waals surface area contributed by atoms with E-state index in [4.69, 9.17) is 28.4 Å². The van der Waals surface area contributed by atoms with Crippen molar-refractivity contribution in [3.8, 4) is 0 Å². The van der Waals surface area contributed by atoms with Crippen LogP contribution in [0.2, 0.25) is 0 Å². The second-order valence-electron chi connectivity index (χ2n) is 17.9. The normalized spacial score (nSPS) is 33.6. The Morgan fingerprint density at radius 3 is 1.44 bits per heavy atom. The summed E-state index contributed by atoms with van der Waals surface area (Å²) in [6, 6.07) is 7.82. The van der Waals surface area contributed by atoms with Gasteiger partial charge in [0.2, 0.25) is 0 Å². The topological polar surface area (TPSA) is 140 Å². The molecule has 10 nitrogen and oxygen atoms in total. The molecule has 0 saturated carbocycles. The van der Waals surface area contributed by atoms with Crippen molar-refractivity contribution in [1.82, 2.24) is 0 Å². The number of halogens is 2. The first-order chi connectivity index (χ1) is 28.0. The molecule has 2 aromatic carbocycles. The standard InChI is InChI=1S/C25H33FO4.C24H31FO5.Na.H2O/c1-14-11-16(3)22-19(12-14)9-8-10-21-23(30-25(6,7)29-21)17(4)20(26)13-15(2)18(5)28-24(22)27;1-13-10-15(3)20-17(11-13)8-7-9-19-22(30-24(5,6)29-19)21(26)18(25)12-14(2)16(4)28-23(20)27;;/h8-9,11-13,15,17-18,21,23H,10H2,1-7H3;7-8,10-12,14,16,19,21-22,26H,9H2,1-6H3;;1H2/q;;+1;/p-1/b9-8+,20-13+;8-7+,18-12+;;/t15-,17?,18+,21+,23-;14-,16+,19+,21?,22+;;/m11../s1. The number of carbonyl (C=O) groups is 2. The number of aliphatic hydroxyl groups excluding tert-OH is 1. The molecule has 2 fully saturated rings. The summed E-state index contributed by atoms with van der Waals surface area (Å²) in [4.78, 5) is 25.9. The van der Waals surface area contributed by atoms with Crippen molar-refractivity contribution in [3.63, 3.8) is 0 Å². The Kier molecular flexibility index (Phi) is 18.7. The van der Waals surface area contributed by atoms with E-state index in [2.05, 4.69) is 0 Å². The molecule has 0 aliphatic carbocycles. The van der Waals surface area contributed by atoms with Gasteiger partial charge in [-0.1, -0.05) is 80.5 Å². The smallest absolute Gasteiger partial charge is 0.870 e. The van der Waals surface area contributed by atoms with Gasteiger partial charge < -0.3 is 39.0 Å². The van der Waals surface area contributed by atoms with E-state index in [1.807, 2.05) is 104 Å². The molecular formula is C49H65F2NaO10. The predicted octanol–water partition coefficient (Wildman–Crippen LogP) is 7.37. The molecule has 0 bridgehead atoms. The molecule has 4 heterocycles. The zero-order chi connectivity index (χ0) is 44.4. The first kappa shape index (κ1) is 53.3. The van der Waals surface area contributed by atoms with Crippen LogP contribution >= 0.6 is 0 Å². The van der Waals surface area contributed by atoms with E-state index in [0.717, 1.165) is 33.4 Å². The van der Waals surface area contributed by atoms with E-state index in [0.29, 0.717) is 24.0 Å². The molecular weight excluding hydrogens is 810 g/mol. The number of fused-ring (bicyclic) bond motifs is 4. The van der Waals surface area contributed by atoms with Crippen LogP contribution in [0.1, 0.15) is 129 Å². The Balaban J connectivity index is 0.000000320. The van der Waals surface area contributed by atoms with E-state index in [1.54, 1.807) is 40.7 Å². The summed E-state index contributed by atoms with van der Waals surface area (Å²) in [6.45, 7) is 23.9. The summed E-state index contributed by atoms with van der Waals surface area (Å²) in [5, 5.41) is 10.6. The summed E-state index contributed by atoms with van der Waals surface area (Å²) in [7, 11) is 0. The Morgan fingerprint density at radius 2 is 1.00 bits per heavy atom.